The lowest BCUT2D eigenvalue weighted by molar-refractivity contribution is 0.278. The zero-order valence-corrected chi connectivity index (χ0v) is 10.6. The average molecular weight is 239 g/mol. The van der Waals surface area contributed by atoms with Crippen LogP contribution < -0.4 is 0 Å². The first-order valence-corrected chi connectivity index (χ1v) is 6.79. The maximum Gasteiger partial charge on any atom is 0.0492 e. The number of aryl methyl sites for hydroxylation is 2. The molecule has 0 aromatic carbocycles. The van der Waals surface area contributed by atoms with Gasteiger partial charge in [-0.3, -0.25) is 4.68 Å². The third-order valence-corrected chi connectivity index (χ3v) is 5.14. The van der Waals surface area contributed by atoms with E-state index in [9.17, 15) is 0 Å². The molecule has 3 rings (SSSR count). The van der Waals surface area contributed by atoms with Crippen LogP contribution in [0, 0.1) is 17.3 Å². The van der Waals surface area contributed by atoms with Gasteiger partial charge in [0.25, 0.3) is 0 Å². The highest BCUT2D eigenvalue weighted by Gasteiger charge is 2.52. The van der Waals surface area contributed by atoms with Crippen LogP contribution in [0.25, 0.3) is 0 Å². The molecule has 2 nitrogen and oxygen atoms in total. The highest BCUT2D eigenvalue weighted by molar-refractivity contribution is 6.18. The van der Waals surface area contributed by atoms with Gasteiger partial charge < -0.3 is 0 Å². The Morgan fingerprint density at radius 3 is 2.81 bits per heavy atom. The van der Waals surface area contributed by atoms with Gasteiger partial charge in [-0.05, 0) is 55.4 Å². The Bertz CT molecular complexity index is 375. The molecule has 0 amide bonds. The van der Waals surface area contributed by atoms with Crippen molar-refractivity contribution in [2.45, 2.75) is 32.1 Å². The highest BCUT2D eigenvalue weighted by atomic mass is 35.5. The first kappa shape index (κ1) is 10.6. The van der Waals surface area contributed by atoms with Gasteiger partial charge >= 0.3 is 0 Å². The molecule has 16 heavy (non-hydrogen) atoms. The van der Waals surface area contributed by atoms with E-state index in [0.29, 0.717) is 5.41 Å². The lowest BCUT2D eigenvalue weighted by Gasteiger charge is -2.28. The Hall–Kier alpha value is -0.500. The van der Waals surface area contributed by atoms with Crippen molar-refractivity contribution in [3.63, 3.8) is 0 Å². The van der Waals surface area contributed by atoms with E-state index in [0.717, 1.165) is 24.1 Å². The van der Waals surface area contributed by atoms with Crippen molar-refractivity contribution in [1.29, 1.82) is 0 Å². The molecule has 2 unspecified atom stereocenters. The molecule has 0 spiro atoms. The van der Waals surface area contributed by atoms with Crippen molar-refractivity contribution in [2.75, 3.05) is 5.88 Å². The molecular formula is C13H19ClN2. The Labute approximate surface area is 102 Å². The van der Waals surface area contributed by atoms with Gasteiger partial charge in [-0.15, -0.1) is 11.6 Å². The molecule has 0 saturated heterocycles. The molecule has 1 aromatic rings. The molecule has 2 aliphatic rings. The van der Waals surface area contributed by atoms with Gasteiger partial charge in [0, 0.05) is 24.8 Å². The van der Waals surface area contributed by atoms with Gasteiger partial charge in [-0.2, -0.15) is 5.10 Å². The Morgan fingerprint density at radius 1 is 1.50 bits per heavy atom. The van der Waals surface area contributed by atoms with Crippen LogP contribution in [0.5, 0.6) is 0 Å². The maximum atomic E-state index is 6.21. The third kappa shape index (κ3) is 1.77. The van der Waals surface area contributed by atoms with Crippen molar-refractivity contribution >= 4 is 11.6 Å². The van der Waals surface area contributed by atoms with Crippen molar-refractivity contribution in [3.05, 3.63) is 18.0 Å². The second-order valence-electron chi connectivity index (χ2n) is 5.74. The largest absolute Gasteiger partial charge is 0.273 e. The van der Waals surface area contributed by atoms with Crippen molar-refractivity contribution < 1.29 is 0 Å². The summed E-state index contributed by atoms with van der Waals surface area (Å²) < 4.78 is 1.98. The van der Waals surface area contributed by atoms with Gasteiger partial charge in [-0.1, -0.05) is 0 Å². The predicted octanol–water partition coefficient (Wildman–Crippen LogP) is 3.01. The minimum atomic E-state index is 0.444. The number of hydrogen-bond donors (Lipinski definition) is 0. The number of fused-ring (bicyclic) bond motifs is 1. The molecule has 0 radical (unpaired) electrons. The summed E-state index contributed by atoms with van der Waals surface area (Å²) in [6, 6.07) is 2.12. The van der Waals surface area contributed by atoms with Gasteiger partial charge in [0.1, 0.15) is 0 Å². The first-order valence-electron chi connectivity index (χ1n) is 6.25. The number of nitrogens with zero attached hydrogens (tertiary/aromatic N) is 2. The molecule has 2 saturated carbocycles. The van der Waals surface area contributed by atoms with Crippen LogP contribution in [0.4, 0.5) is 0 Å². The SMILES string of the molecule is Cn1nccc1CCC1(CCl)CC2CC2C1. The third-order valence-electron chi connectivity index (χ3n) is 4.58. The second kappa shape index (κ2) is 3.76. The Kier molecular flexibility index (Phi) is 2.50. The quantitative estimate of drug-likeness (QED) is 0.738. The number of hydrogen-bond acceptors (Lipinski definition) is 1. The van der Waals surface area contributed by atoms with Gasteiger partial charge in [-0.25, -0.2) is 0 Å². The van der Waals surface area contributed by atoms with E-state index in [4.69, 9.17) is 11.6 Å². The van der Waals surface area contributed by atoms with E-state index >= 15 is 0 Å². The topological polar surface area (TPSA) is 17.8 Å². The van der Waals surface area contributed by atoms with Crippen LogP contribution in [-0.2, 0) is 13.5 Å². The Balaban J connectivity index is 1.63. The van der Waals surface area contributed by atoms with E-state index < -0.39 is 0 Å². The summed E-state index contributed by atoms with van der Waals surface area (Å²) in [5.74, 6) is 2.88. The molecule has 1 heterocycles. The van der Waals surface area contributed by atoms with Crippen LogP contribution in [0.1, 0.15) is 31.4 Å². The molecule has 0 N–H and O–H groups in total. The van der Waals surface area contributed by atoms with E-state index in [2.05, 4.69) is 11.2 Å². The minimum absolute atomic E-state index is 0.444. The number of rotatable bonds is 4. The van der Waals surface area contributed by atoms with E-state index in [1.54, 1.807) is 0 Å². The predicted molar refractivity (Wildman–Crippen MR) is 65.5 cm³/mol. The zero-order valence-electron chi connectivity index (χ0n) is 9.82. The summed E-state index contributed by atoms with van der Waals surface area (Å²) in [4.78, 5) is 0. The van der Waals surface area contributed by atoms with E-state index in [1.807, 2.05) is 17.9 Å². The summed E-state index contributed by atoms with van der Waals surface area (Å²) in [6.45, 7) is 0. The number of aromatic nitrogens is 2. The molecule has 2 atom stereocenters. The maximum absolute atomic E-state index is 6.21. The first-order chi connectivity index (χ1) is 7.72. The smallest absolute Gasteiger partial charge is 0.0492 e. The highest BCUT2D eigenvalue weighted by Crippen LogP contribution is 2.61. The van der Waals surface area contributed by atoms with Crippen LogP contribution in [-0.4, -0.2) is 15.7 Å². The molecule has 2 fully saturated rings. The fourth-order valence-electron chi connectivity index (χ4n) is 3.43. The monoisotopic (exact) mass is 238 g/mol. The standard InChI is InChI=1S/C13H19ClN2/c1-16-12(3-5-15-16)2-4-13(9-14)7-10-6-11(10)8-13/h3,5,10-11H,2,4,6-9H2,1H3. The van der Waals surface area contributed by atoms with Crippen molar-refractivity contribution in [3.8, 4) is 0 Å². The molecule has 88 valence electrons. The Morgan fingerprint density at radius 2 is 2.25 bits per heavy atom. The van der Waals surface area contributed by atoms with Crippen LogP contribution >= 0.6 is 11.6 Å². The minimum Gasteiger partial charge on any atom is -0.273 e. The second-order valence-corrected chi connectivity index (χ2v) is 6.01. The van der Waals surface area contributed by atoms with Crippen LogP contribution in [0.3, 0.4) is 0 Å². The molecular weight excluding hydrogens is 220 g/mol. The summed E-state index contributed by atoms with van der Waals surface area (Å²) in [6.07, 6.45) is 8.48. The fourth-order valence-corrected chi connectivity index (χ4v) is 3.78. The molecule has 1 aromatic heterocycles. The number of halogens is 1. The van der Waals surface area contributed by atoms with E-state index in [1.165, 1.54) is 31.4 Å². The normalized spacial score (nSPS) is 36.4. The fraction of sp³-hybridized carbons (Fsp3) is 0.769. The lowest BCUT2D eigenvalue weighted by Crippen LogP contribution is -2.22. The van der Waals surface area contributed by atoms with E-state index in [-0.39, 0.29) is 0 Å². The summed E-state index contributed by atoms with van der Waals surface area (Å²) in [5.41, 5.74) is 1.78. The molecule has 3 heteroatoms. The number of alkyl halides is 1. The zero-order chi connectivity index (χ0) is 11.2. The van der Waals surface area contributed by atoms with Gasteiger partial charge in [0.15, 0.2) is 0 Å². The van der Waals surface area contributed by atoms with Crippen molar-refractivity contribution in [1.82, 2.24) is 9.78 Å². The van der Waals surface area contributed by atoms with Crippen LogP contribution in [0.2, 0.25) is 0 Å². The van der Waals surface area contributed by atoms with Gasteiger partial charge in [0.05, 0.1) is 0 Å². The lowest BCUT2D eigenvalue weighted by atomic mass is 9.80. The summed E-state index contributed by atoms with van der Waals surface area (Å²) >= 11 is 6.21. The molecule has 0 aliphatic heterocycles. The molecule has 2 aliphatic carbocycles. The molecule has 0 bridgehead atoms. The van der Waals surface area contributed by atoms with Crippen LogP contribution in [0.15, 0.2) is 12.3 Å². The van der Waals surface area contributed by atoms with Gasteiger partial charge in [0.2, 0.25) is 0 Å². The summed E-state index contributed by atoms with van der Waals surface area (Å²) in [7, 11) is 2.02. The van der Waals surface area contributed by atoms with Crippen molar-refractivity contribution in [2.24, 2.45) is 24.3 Å². The summed E-state index contributed by atoms with van der Waals surface area (Å²) in [5, 5.41) is 4.22. The average Bonchev–Trinajstić information content (AvgIpc) is 2.74.